The van der Waals surface area contributed by atoms with E-state index in [1.54, 1.807) is 6.92 Å². The second-order valence-electron chi connectivity index (χ2n) is 3.96. The van der Waals surface area contributed by atoms with Crippen molar-refractivity contribution in [3.05, 3.63) is 17.9 Å². The van der Waals surface area contributed by atoms with Crippen LogP contribution in [0.4, 0.5) is 0 Å². The summed E-state index contributed by atoms with van der Waals surface area (Å²) in [6.07, 6.45) is 0. The highest BCUT2D eigenvalue weighted by Crippen LogP contribution is 2.22. The van der Waals surface area contributed by atoms with Gasteiger partial charge in [0.15, 0.2) is 0 Å². The van der Waals surface area contributed by atoms with Crippen LogP contribution >= 0.6 is 0 Å². The summed E-state index contributed by atoms with van der Waals surface area (Å²) in [5, 5.41) is 8.35. The van der Waals surface area contributed by atoms with E-state index < -0.39 is 21.8 Å². The summed E-state index contributed by atoms with van der Waals surface area (Å²) in [6, 6.07) is 1.98. The molecule has 2 heterocycles. The van der Waals surface area contributed by atoms with Crippen molar-refractivity contribution in [3.63, 3.8) is 0 Å². The maximum absolute atomic E-state index is 12.2. The van der Waals surface area contributed by atoms with Crippen molar-refractivity contribution < 1.29 is 27.5 Å². The van der Waals surface area contributed by atoms with Crippen molar-refractivity contribution in [2.75, 3.05) is 19.8 Å². The van der Waals surface area contributed by atoms with Gasteiger partial charge in [-0.2, -0.15) is 4.31 Å². The van der Waals surface area contributed by atoms with E-state index in [0.29, 0.717) is 13.2 Å². The van der Waals surface area contributed by atoms with Crippen LogP contribution in [0.2, 0.25) is 0 Å². The van der Waals surface area contributed by atoms with Gasteiger partial charge < -0.3 is 14.3 Å². The quantitative estimate of drug-likeness (QED) is 0.857. The summed E-state index contributed by atoms with van der Waals surface area (Å²) in [5.74, 6) is -1.69. The Morgan fingerprint density at radius 2 is 2.22 bits per heavy atom. The largest absolute Gasteiger partial charge is 0.475 e. The molecule has 1 aliphatic heterocycles. The lowest BCUT2D eigenvalue weighted by Gasteiger charge is -2.31. The summed E-state index contributed by atoms with van der Waals surface area (Å²) in [6.45, 7) is 2.58. The highest BCUT2D eigenvalue weighted by molar-refractivity contribution is 7.89. The first-order valence-corrected chi connectivity index (χ1v) is 6.79. The van der Waals surface area contributed by atoms with Gasteiger partial charge in [0.1, 0.15) is 0 Å². The van der Waals surface area contributed by atoms with Crippen LogP contribution in [0, 0.1) is 0 Å². The summed E-state index contributed by atoms with van der Waals surface area (Å²) in [7, 11) is -3.80. The van der Waals surface area contributed by atoms with Crippen LogP contribution in [0.15, 0.2) is 21.6 Å². The van der Waals surface area contributed by atoms with Crippen LogP contribution in [0.1, 0.15) is 17.5 Å². The van der Waals surface area contributed by atoms with Gasteiger partial charge in [-0.15, -0.1) is 0 Å². The third-order valence-electron chi connectivity index (χ3n) is 2.66. The van der Waals surface area contributed by atoms with Crippen molar-refractivity contribution in [1.29, 1.82) is 0 Å². The predicted octanol–water partition coefficient (Wildman–Crippen LogP) is 0.387. The molecule has 2 rings (SSSR count). The number of carbonyl (C=O) groups is 1. The number of hydrogen-bond acceptors (Lipinski definition) is 5. The van der Waals surface area contributed by atoms with Gasteiger partial charge in [-0.1, -0.05) is 0 Å². The third-order valence-corrected chi connectivity index (χ3v) is 4.55. The smallest absolute Gasteiger partial charge is 0.371 e. The molecule has 0 bridgehead atoms. The number of morpholine rings is 1. The van der Waals surface area contributed by atoms with Gasteiger partial charge in [0.05, 0.1) is 13.2 Å². The SMILES string of the molecule is C[C@@H]1COCCN1S(=O)(=O)c1ccc(C(=O)O)o1. The molecule has 0 saturated carbocycles. The van der Waals surface area contributed by atoms with Crippen LogP contribution in [0.25, 0.3) is 0 Å². The van der Waals surface area contributed by atoms with Gasteiger partial charge in [-0.05, 0) is 19.1 Å². The predicted molar refractivity (Wildman–Crippen MR) is 59.8 cm³/mol. The monoisotopic (exact) mass is 275 g/mol. The minimum atomic E-state index is -3.80. The molecule has 18 heavy (non-hydrogen) atoms. The molecule has 1 aliphatic rings. The Balaban J connectivity index is 2.31. The van der Waals surface area contributed by atoms with E-state index >= 15 is 0 Å². The Morgan fingerprint density at radius 3 is 2.78 bits per heavy atom. The Morgan fingerprint density at radius 1 is 1.50 bits per heavy atom. The lowest BCUT2D eigenvalue weighted by atomic mass is 10.3. The number of aromatic carboxylic acids is 1. The standard InChI is InChI=1S/C10H13NO6S/c1-7-6-16-5-4-11(7)18(14,15)9-3-2-8(17-9)10(12)13/h2-3,7H,4-6H2,1H3,(H,12,13)/t7-/m1/s1. The molecule has 0 aliphatic carbocycles. The van der Waals surface area contributed by atoms with E-state index in [-0.39, 0.29) is 17.7 Å². The van der Waals surface area contributed by atoms with E-state index in [9.17, 15) is 13.2 Å². The lowest BCUT2D eigenvalue weighted by molar-refractivity contribution is 0.0385. The van der Waals surface area contributed by atoms with E-state index in [2.05, 4.69) is 0 Å². The van der Waals surface area contributed by atoms with E-state index in [4.69, 9.17) is 14.3 Å². The van der Waals surface area contributed by atoms with Gasteiger partial charge >= 0.3 is 5.97 Å². The number of carboxylic acid groups (broad SMARTS) is 1. The molecular weight excluding hydrogens is 262 g/mol. The average molecular weight is 275 g/mol. The number of carboxylic acids is 1. The molecule has 1 aromatic heterocycles. The molecule has 8 heteroatoms. The van der Waals surface area contributed by atoms with Crippen LogP contribution in [-0.4, -0.2) is 49.6 Å². The average Bonchev–Trinajstić information content (AvgIpc) is 2.79. The van der Waals surface area contributed by atoms with Gasteiger partial charge in [0.2, 0.25) is 10.9 Å². The second-order valence-corrected chi connectivity index (χ2v) is 5.79. The Bertz CT molecular complexity index is 548. The van der Waals surface area contributed by atoms with E-state index in [1.807, 2.05) is 0 Å². The normalized spacial score (nSPS) is 21.9. The fourth-order valence-electron chi connectivity index (χ4n) is 1.76. The molecule has 7 nitrogen and oxygen atoms in total. The fourth-order valence-corrected chi connectivity index (χ4v) is 3.27. The maximum Gasteiger partial charge on any atom is 0.371 e. The van der Waals surface area contributed by atoms with Crippen LogP contribution < -0.4 is 0 Å². The first-order valence-electron chi connectivity index (χ1n) is 5.35. The zero-order chi connectivity index (χ0) is 13.3. The van der Waals surface area contributed by atoms with Crippen molar-refractivity contribution in [1.82, 2.24) is 4.31 Å². The zero-order valence-electron chi connectivity index (χ0n) is 9.70. The maximum atomic E-state index is 12.2. The molecule has 0 spiro atoms. The Labute approximate surface area is 104 Å². The topological polar surface area (TPSA) is 97.0 Å². The summed E-state index contributed by atoms with van der Waals surface area (Å²) in [4.78, 5) is 10.7. The highest BCUT2D eigenvalue weighted by atomic mass is 32.2. The summed E-state index contributed by atoms with van der Waals surface area (Å²) < 4.78 is 35.7. The molecule has 1 aromatic rings. The number of rotatable bonds is 3. The summed E-state index contributed by atoms with van der Waals surface area (Å²) in [5.41, 5.74) is 0. The van der Waals surface area contributed by atoms with Crippen molar-refractivity contribution in [2.45, 2.75) is 18.1 Å². The molecule has 1 N–H and O–H groups in total. The first-order chi connectivity index (χ1) is 8.43. The van der Waals surface area contributed by atoms with Gasteiger partial charge in [-0.25, -0.2) is 13.2 Å². The molecule has 0 amide bonds. The lowest BCUT2D eigenvalue weighted by Crippen LogP contribution is -2.46. The molecule has 100 valence electrons. The van der Waals surface area contributed by atoms with Crippen LogP contribution in [-0.2, 0) is 14.8 Å². The number of hydrogen-bond donors (Lipinski definition) is 1. The van der Waals surface area contributed by atoms with Crippen molar-refractivity contribution >= 4 is 16.0 Å². The zero-order valence-corrected chi connectivity index (χ0v) is 10.5. The van der Waals surface area contributed by atoms with E-state index in [0.717, 1.165) is 12.1 Å². The number of sulfonamides is 1. The highest BCUT2D eigenvalue weighted by Gasteiger charge is 2.34. The molecule has 0 radical (unpaired) electrons. The van der Waals surface area contributed by atoms with Crippen LogP contribution in [0.5, 0.6) is 0 Å². The Kier molecular flexibility index (Phi) is 3.42. The molecule has 1 saturated heterocycles. The van der Waals surface area contributed by atoms with Crippen molar-refractivity contribution in [3.8, 4) is 0 Å². The first kappa shape index (κ1) is 13.1. The molecular formula is C10H13NO6S. The number of nitrogens with zero attached hydrogens (tertiary/aromatic N) is 1. The Hall–Kier alpha value is -1.38. The molecule has 1 fully saturated rings. The van der Waals surface area contributed by atoms with Crippen LogP contribution in [0.3, 0.4) is 0 Å². The minimum Gasteiger partial charge on any atom is -0.475 e. The molecule has 1 atom stereocenters. The third kappa shape index (κ3) is 2.26. The minimum absolute atomic E-state index is 0.229. The number of furan rings is 1. The number of ether oxygens (including phenoxy) is 1. The van der Waals surface area contributed by atoms with Crippen molar-refractivity contribution in [2.24, 2.45) is 0 Å². The molecule has 0 aromatic carbocycles. The summed E-state index contributed by atoms with van der Waals surface area (Å²) >= 11 is 0. The van der Waals surface area contributed by atoms with Gasteiger partial charge in [-0.3, -0.25) is 0 Å². The molecule has 0 unspecified atom stereocenters. The van der Waals surface area contributed by atoms with Gasteiger partial charge in [0, 0.05) is 12.6 Å². The van der Waals surface area contributed by atoms with E-state index in [1.165, 1.54) is 4.31 Å². The second kappa shape index (κ2) is 4.71. The van der Waals surface area contributed by atoms with Gasteiger partial charge in [0.25, 0.3) is 10.0 Å². The fraction of sp³-hybridized carbons (Fsp3) is 0.500.